The highest BCUT2D eigenvalue weighted by molar-refractivity contribution is 7.09. The first-order valence-corrected chi connectivity index (χ1v) is 6.94. The van der Waals surface area contributed by atoms with Crippen molar-refractivity contribution >= 4 is 17.1 Å². The van der Waals surface area contributed by atoms with Crippen molar-refractivity contribution in [3.8, 4) is 11.5 Å². The number of rotatable bonds is 4. The van der Waals surface area contributed by atoms with Crippen molar-refractivity contribution in [3.63, 3.8) is 0 Å². The van der Waals surface area contributed by atoms with E-state index in [1.807, 2.05) is 12.3 Å². The second kappa shape index (κ2) is 5.01. The fraction of sp³-hybridized carbons (Fsp3) is 0.286. The molecule has 2 heterocycles. The number of aryl methyl sites for hydroxylation is 2. The number of thiazole rings is 1. The molecule has 98 valence electrons. The minimum absolute atomic E-state index is 0.103. The monoisotopic (exact) mass is 275 g/mol. The predicted molar refractivity (Wildman–Crippen MR) is 72.1 cm³/mol. The summed E-state index contributed by atoms with van der Waals surface area (Å²) in [5, 5.41) is 3.01. The van der Waals surface area contributed by atoms with Gasteiger partial charge in [-0.3, -0.25) is 4.79 Å². The van der Waals surface area contributed by atoms with Gasteiger partial charge in [0.2, 0.25) is 6.79 Å². The standard InChI is InChI=1S/C14H13NO3S/c1-9-7-19-14(15-9)5-3-11(16)10-2-4-12-13(6-10)18-8-17-12/h2,4,6-7H,3,5,8H2,1H3. The molecule has 2 aromatic rings. The molecule has 5 heteroatoms. The average Bonchev–Trinajstić information content (AvgIpc) is 3.03. The van der Waals surface area contributed by atoms with Crippen LogP contribution in [0.2, 0.25) is 0 Å². The molecule has 1 aliphatic heterocycles. The molecule has 4 nitrogen and oxygen atoms in total. The van der Waals surface area contributed by atoms with Gasteiger partial charge < -0.3 is 9.47 Å². The number of fused-ring (bicyclic) bond motifs is 1. The largest absolute Gasteiger partial charge is 0.454 e. The van der Waals surface area contributed by atoms with Gasteiger partial charge in [0.25, 0.3) is 0 Å². The maximum Gasteiger partial charge on any atom is 0.231 e. The lowest BCUT2D eigenvalue weighted by atomic mass is 10.1. The van der Waals surface area contributed by atoms with E-state index in [4.69, 9.17) is 9.47 Å². The number of Topliss-reactive ketones (excluding diaryl/α,β-unsaturated/α-hetero) is 1. The van der Waals surface area contributed by atoms with Crippen molar-refractivity contribution in [2.45, 2.75) is 19.8 Å². The second-order valence-corrected chi connectivity index (χ2v) is 5.32. The zero-order chi connectivity index (χ0) is 13.2. The molecule has 1 aromatic carbocycles. The maximum absolute atomic E-state index is 12.1. The molecule has 0 saturated carbocycles. The normalized spacial score (nSPS) is 12.7. The molecule has 0 spiro atoms. The van der Waals surface area contributed by atoms with Gasteiger partial charge in [0.05, 0.1) is 5.01 Å². The number of carbonyl (C=O) groups is 1. The molecule has 0 atom stereocenters. The van der Waals surface area contributed by atoms with E-state index in [-0.39, 0.29) is 12.6 Å². The van der Waals surface area contributed by atoms with Crippen LogP contribution in [0.15, 0.2) is 23.6 Å². The molecule has 1 aromatic heterocycles. The molecule has 0 amide bonds. The molecule has 0 radical (unpaired) electrons. The zero-order valence-corrected chi connectivity index (χ0v) is 11.3. The number of nitrogens with zero attached hydrogens (tertiary/aromatic N) is 1. The van der Waals surface area contributed by atoms with E-state index >= 15 is 0 Å². The van der Waals surface area contributed by atoms with Crippen LogP contribution >= 0.6 is 11.3 Å². The maximum atomic E-state index is 12.1. The smallest absolute Gasteiger partial charge is 0.231 e. The highest BCUT2D eigenvalue weighted by Crippen LogP contribution is 2.32. The highest BCUT2D eigenvalue weighted by Gasteiger charge is 2.16. The number of ether oxygens (including phenoxy) is 2. The van der Waals surface area contributed by atoms with Gasteiger partial charge in [0.1, 0.15) is 0 Å². The Bertz CT molecular complexity index is 621. The minimum Gasteiger partial charge on any atom is -0.454 e. The van der Waals surface area contributed by atoms with Gasteiger partial charge in [-0.1, -0.05) is 0 Å². The Morgan fingerprint density at radius 1 is 1.37 bits per heavy atom. The van der Waals surface area contributed by atoms with Crippen LogP contribution in [0, 0.1) is 6.92 Å². The van der Waals surface area contributed by atoms with Crippen molar-refractivity contribution < 1.29 is 14.3 Å². The van der Waals surface area contributed by atoms with E-state index in [0.29, 0.717) is 29.9 Å². The Balaban J connectivity index is 1.67. The Kier molecular flexibility index (Phi) is 3.21. The van der Waals surface area contributed by atoms with E-state index in [1.54, 1.807) is 29.5 Å². The number of ketones is 1. The molecule has 1 aliphatic rings. The van der Waals surface area contributed by atoms with Crippen LogP contribution in [-0.4, -0.2) is 17.6 Å². The first-order valence-electron chi connectivity index (χ1n) is 6.06. The molecule has 0 saturated heterocycles. The van der Waals surface area contributed by atoms with Crippen LogP contribution in [0.5, 0.6) is 11.5 Å². The van der Waals surface area contributed by atoms with Crippen molar-refractivity contribution in [2.24, 2.45) is 0 Å². The highest BCUT2D eigenvalue weighted by atomic mass is 32.1. The summed E-state index contributed by atoms with van der Waals surface area (Å²) in [6, 6.07) is 5.31. The second-order valence-electron chi connectivity index (χ2n) is 4.37. The summed E-state index contributed by atoms with van der Waals surface area (Å²) in [7, 11) is 0. The fourth-order valence-corrected chi connectivity index (χ4v) is 2.73. The number of hydrogen-bond acceptors (Lipinski definition) is 5. The number of aromatic nitrogens is 1. The molecular formula is C14H13NO3S. The number of hydrogen-bond donors (Lipinski definition) is 0. The van der Waals surface area contributed by atoms with Crippen molar-refractivity contribution in [1.29, 1.82) is 0 Å². The van der Waals surface area contributed by atoms with Gasteiger partial charge in [0.15, 0.2) is 17.3 Å². The first-order chi connectivity index (χ1) is 9.22. The number of benzene rings is 1. The van der Waals surface area contributed by atoms with Gasteiger partial charge in [-0.2, -0.15) is 0 Å². The Morgan fingerprint density at radius 3 is 3.00 bits per heavy atom. The van der Waals surface area contributed by atoms with E-state index in [9.17, 15) is 4.79 Å². The average molecular weight is 275 g/mol. The third-order valence-corrected chi connectivity index (χ3v) is 3.95. The molecule has 0 unspecified atom stereocenters. The van der Waals surface area contributed by atoms with E-state index < -0.39 is 0 Å². The molecule has 0 fully saturated rings. The minimum atomic E-state index is 0.103. The Labute approximate surface area is 115 Å². The van der Waals surface area contributed by atoms with Crippen molar-refractivity contribution in [1.82, 2.24) is 4.98 Å². The van der Waals surface area contributed by atoms with Gasteiger partial charge in [-0.25, -0.2) is 4.98 Å². The lowest BCUT2D eigenvalue weighted by Crippen LogP contribution is -2.01. The third-order valence-electron chi connectivity index (χ3n) is 2.93. The lowest BCUT2D eigenvalue weighted by Gasteiger charge is -2.01. The van der Waals surface area contributed by atoms with Crippen LogP contribution in [0.3, 0.4) is 0 Å². The summed E-state index contributed by atoms with van der Waals surface area (Å²) in [5.41, 5.74) is 1.67. The predicted octanol–water partition coefficient (Wildman–Crippen LogP) is 3.00. The zero-order valence-electron chi connectivity index (χ0n) is 10.5. The number of carbonyl (C=O) groups excluding carboxylic acids is 1. The molecule has 0 N–H and O–H groups in total. The lowest BCUT2D eigenvalue weighted by molar-refractivity contribution is 0.0982. The summed E-state index contributed by atoms with van der Waals surface area (Å²) >= 11 is 1.60. The van der Waals surface area contributed by atoms with Crippen molar-refractivity contribution in [3.05, 3.63) is 39.8 Å². The Hall–Kier alpha value is -1.88. The van der Waals surface area contributed by atoms with Crippen LogP contribution in [0.25, 0.3) is 0 Å². The summed E-state index contributed by atoms with van der Waals surface area (Å²) in [6.07, 6.45) is 1.15. The van der Waals surface area contributed by atoms with Crippen LogP contribution in [-0.2, 0) is 6.42 Å². The van der Waals surface area contributed by atoms with E-state index in [0.717, 1.165) is 10.7 Å². The topological polar surface area (TPSA) is 48.4 Å². The molecular weight excluding hydrogens is 262 g/mol. The quantitative estimate of drug-likeness (QED) is 0.805. The van der Waals surface area contributed by atoms with E-state index in [1.165, 1.54) is 0 Å². The van der Waals surface area contributed by atoms with Gasteiger partial charge >= 0.3 is 0 Å². The van der Waals surface area contributed by atoms with Crippen LogP contribution in [0.4, 0.5) is 0 Å². The molecule has 0 bridgehead atoms. The summed E-state index contributed by atoms with van der Waals surface area (Å²) in [5.74, 6) is 1.45. The fourth-order valence-electron chi connectivity index (χ4n) is 1.95. The van der Waals surface area contributed by atoms with Crippen molar-refractivity contribution in [2.75, 3.05) is 6.79 Å². The van der Waals surface area contributed by atoms with Crippen LogP contribution < -0.4 is 9.47 Å². The Morgan fingerprint density at radius 2 is 2.21 bits per heavy atom. The molecule has 3 rings (SSSR count). The van der Waals surface area contributed by atoms with Gasteiger partial charge in [-0.15, -0.1) is 11.3 Å². The third kappa shape index (κ3) is 2.61. The molecule has 19 heavy (non-hydrogen) atoms. The van der Waals surface area contributed by atoms with Crippen LogP contribution in [0.1, 0.15) is 27.5 Å². The van der Waals surface area contributed by atoms with Gasteiger partial charge in [0, 0.05) is 29.5 Å². The summed E-state index contributed by atoms with van der Waals surface area (Å²) in [6.45, 7) is 2.19. The summed E-state index contributed by atoms with van der Waals surface area (Å²) < 4.78 is 10.5. The summed E-state index contributed by atoms with van der Waals surface area (Å²) in [4.78, 5) is 16.5. The molecule has 0 aliphatic carbocycles. The SMILES string of the molecule is Cc1csc(CCC(=O)c2ccc3c(c2)OCO3)n1. The first kappa shape index (κ1) is 12.2. The van der Waals surface area contributed by atoms with E-state index in [2.05, 4.69) is 4.98 Å². The van der Waals surface area contributed by atoms with Gasteiger partial charge in [-0.05, 0) is 25.1 Å².